The molecular weight excluding hydrogens is 324 g/mol. The average molecular weight is 340 g/mol. The van der Waals surface area contributed by atoms with Crippen molar-refractivity contribution in [3.05, 3.63) is 96.3 Å². The fourth-order valence-corrected chi connectivity index (χ4v) is 2.98. The second-order valence-electron chi connectivity index (χ2n) is 5.92. The lowest BCUT2D eigenvalue weighted by Gasteiger charge is -2.07. The minimum Gasteiger partial charge on any atom is -0.478 e. The molecule has 1 heterocycles. The Labute approximate surface area is 150 Å². The quantitative estimate of drug-likeness (QED) is 0.527. The second-order valence-corrected chi connectivity index (χ2v) is 5.92. The Morgan fingerprint density at radius 1 is 0.923 bits per heavy atom. The van der Waals surface area contributed by atoms with Gasteiger partial charge in [-0.15, -0.1) is 0 Å². The molecule has 0 saturated carbocycles. The van der Waals surface area contributed by atoms with Gasteiger partial charge in [-0.25, -0.2) is 4.79 Å². The lowest BCUT2D eigenvalue weighted by molar-refractivity contribution is 0.0697. The van der Waals surface area contributed by atoms with E-state index in [1.165, 1.54) is 0 Å². The number of benzene rings is 3. The van der Waals surface area contributed by atoms with E-state index >= 15 is 0 Å². The zero-order chi connectivity index (χ0) is 17.9. The maximum absolute atomic E-state index is 11.2. The van der Waals surface area contributed by atoms with Crippen molar-refractivity contribution in [3.63, 3.8) is 0 Å². The first-order valence-corrected chi connectivity index (χ1v) is 8.25. The summed E-state index contributed by atoms with van der Waals surface area (Å²) in [4.78, 5) is 15.9. The van der Waals surface area contributed by atoms with E-state index < -0.39 is 5.97 Å². The van der Waals surface area contributed by atoms with Gasteiger partial charge in [-0.05, 0) is 41.8 Å². The van der Waals surface area contributed by atoms with Gasteiger partial charge in [-0.3, -0.25) is 4.99 Å². The number of carboxylic acids is 1. The van der Waals surface area contributed by atoms with Gasteiger partial charge in [0.2, 0.25) is 0 Å². The highest BCUT2D eigenvalue weighted by atomic mass is 16.4. The monoisotopic (exact) mass is 340 g/mol. The third-order valence-corrected chi connectivity index (χ3v) is 4.25. The summed E-state index contributed by atoms with van der Waals surface area (Å²) in [6, 6.07) is 24.9. The van der Waals surface area contributed by atoms with Crippen LogP contribution in [0, 0.1) is 0 Å². The standard InChI is InChI=1S/C22H16N2O2/c25-22(26)17-8-3-9-18(14-17)24-13-5-10-19(24)15-23-21-12-4-7-16-6-1-2-11-20(16)21/h1-15H,(H,25,26). The molecule has 0 aliphatic heterocycles. The molecule has 126 valence electrons. The van der Waals surface area contributed by atoms with Crippen LogP contribution in [-0.4, -0.2) is 21.9 Å². The number of fused-ring (bicyclic) bond motifs is 1. The number of hydrogen-bond donors (Lipinski definition) is 1. The van der Waals surface area contributed by atoms with Crippen molar-refractivity contribution in [2.45, 2.75) is 0 Å². The third-order valence-electron chi connectivity index (χ3n) is 4.25. The first-order chi connectivity index (χ1) is 12.7. The largest absolute Gasteiger partial charge is 0.478 e. The van der Waals surface area contributed by atoms with Gasteiger partial charge in [0.25, 0.3) is 0 Å². The van der Waals surface area contributed by atoms with Crippen LogP contribution in [0.2, 0.25) is 0 Å². The van der Waals surface area contributed by atoms with E-state index in [9.17, 15) is 9.90 Å². The number of carbonyl (C=O) groups is 1. The van der Waals surface area contributed by atoms with E-state index in [0.29, 0.717) is 0 Å². The van der Waals surface area contributed by atoms with Gasteiger partial charge in [-0.2, -0.15) is 0 Å². The topological polar surface area (TPSA) is 54.6 Å². The molecular formula is C22H16N2O2. The predicted octanol–water partition coefficient (Wildman–Crippen LogP) is 5.08. The summed E-state index contributed by atoms with van der Waals surface area (Å²) in [5, 5.41) is 11.4. The number of aliphatic imine (C=N–C) groups is 1. The summed E-state index contributed by atoms with van der Waals surface area (Å²) >= 11 is 0. The van der Waals surface area contributed by atoms with Crippen LogP contribution in [0.15, 0.2) is 90.1 Å². The number of rotatable bonds is 4. The Morgan fingerprint density at radius 2 is 1.73 bits per heavy atom. The molecule has 0 saturated heterocycles. The lowest BCUT2D eigenvalue weighted by Crippen LogP contribution is -2.01. The SMILES string of the molecule is O=C(O)c1cccc(-n2cccc2C=Nc2cccc3ccccc23)c1. The van der Waals surface area contributed by atoms with Gasteiger partial charge in [0, 0.05) is 17.3 Å². The normalized spacial score (nSPS) is 11.2. The zero-order valence-electron chi connectivity index (χ0n) is 13.9. The molecule has 0 atom stereocenters. The summed E-state index contributed by atoms with van der Waals surface area (Å²) in [5.41, 5.74) is 2.82. The van der Waals surface area contributed by atoms with Crippen LogP contribution in [0.4, 0.5) is 5.69 Å². The lowest BCUT2D eigenvalue weighted by atomic mass is 10.1. The minimum absolute atomic E-state index is 0.258. The first kappa shape index (κ1) is 15.8. The maximum Gasteiger partial charge on any atom is 0.335 e. The molecule has 0 amide bonds. The highest BCUT2D eigenvalue weighted by Gasteiger charge is 2.06. The van der Waals surface area contributed by atoms with Crippen LogP contribution in [0.3, 0.4) is 0 Å². The van der Waals surface area contributed by atoms with Crippen molar-refractivity contribution in [1.29, 1.82) is 0 Å². The number of nitrogens with zero attached hydrogens (tertiary/aromatic N) is 2. The molecule has 4 nitrogen and oxygen atoms in total. The highest BCUT2D eigenvalue weighted by Crippen LogP contribution is 2.25. The smallest absolute Gasteiger partial charge is 0.335 e. The predicted molar refractivity (Wildman–Crippen MR) is 104 cm³/mol. The van der Waals surface area contributed by atoms with E-state index in [1.807, 2.05) is 53.2 Å². The Kier molecular flexibility index (Phi) is 4.07. The van der Waals surface area contributed by atoms with E-state index in [4.69, 9.17) is 0 Å². The molecule has 0 aliphatic rings. The molecule has 0 fully saturated rings. The van der Waals surface area contributed by atoms with Gasteiger partial charge < -0.3 is 9.67 Å². The van der Waals surface area contributed by atoms with E-state index in [0.717, 1.165) is 27.8 Å². The van der Waals surface area contributed by atoms with Gasteiger partial charge >= 0.3 is 5.97 Å². The number of hydrogen-bond acceptors (Lipinski definition) is 2. The average Bonchev–Trinajstić information content (AvgIpc) is 3.15. The van der Waals surface area contributed by atoms with Crippen molar-refractivity contribution < 1.29 is 9.90 Å². The molecule has 4 heteroatoms. The van der Waals surface area contributed by atoms with Crippen LogP contribution < -0.4 is 0 Å². The number of aromatic nitrogens is 1. The van der Waals surface area contributed by atoms with Crippen LogP contribution in [0.1, 0.15) is 16.1 Å². The van der Waals surface area contributed by atoms with Crippen molar-refractivity contribution in [1.82, 2.24) is 4.57 Å². The Bertz CT molecular complexity index is 1120. The Hall–Kier alpha value is -3.66. The summed E-state index contributed by atoms with van der Waals surface area (Å²) in [6.07, 6.45) is 3.70. The molecule has 0 spiro atoms. The van der Waals surface area contributed by atoms with Crippen molar-refractivity contribution >= 4 is 28.6 Å². The molecule has 0 aliphatic carbocycles. The fourth-order valence-electron chi connectivity index (χ4n) is 2.98. The molecule has 0 radical (unpaired) electrons. The summed E-state index contributed by atoms with van der Waals surface area (Å²) in [7, 11) is 0. The molecule has 4 aromatic rings. The zero-order valence-corrected chi connectivity index (χ0v) is 13.9. The molecule has 0 bridgehead atoms. The Morgan fingerprint density at radius 3 is 2.62 bits per heavy atom. The second kappa shape index (κ2) is 6.69. The van der Waals surface area contributed by atoms with E-state index in [1.54, 1.807) is 24.4 Å². The van der Waals surface area contributed by atoms with Crippen molar-refractivity contribution in [2.24, 2.45) is 4.99 Å². The number of aromatic carboxylic acids is 1. The molecule has 3 aromatic carbocycles. The molecule has 1 aromatic heterocycles. The first-order valence-electron chi connectivity index (χ1n) is 8.25. The molecule has 26 heavy (non-hydrogen) atoms. The Balaban J connectivity index is 1.72. The summed E-state index contributed by atoms with van der Waals surface area (Å²) < 4.78 is 1.92. The van der Waals surface area contributed by atoms with E-state index in [2.05, 4.69) is 23.2 Å². The van der Waals surface area contributed by atoms with Gasteiger partial charge in [0.1, 0.15) is 0 Å². The molecule has 4 rings (SSSR count). The molecule has 1 N–H and O–H groups in total. The molecule has 0 unspecified atom stereocenters. The van der Waals surface area contributed by atoms with Crippen LogP contribution >= 0.6 is 0 Å². The van der Waals surface area contributed by atoms with E-state index in [-0.39, 0.29) is 5.56 Å². The van der Waals surface area contributed by atoms with Crippen LogP contribution in [0.25, 0.3) is 16.5 Å². The van der Waals surface area contributed by atoms with Crippen molar-refractivity contribution in [2.75, 3.05) is 0 Å². The fraction of sp³-hybridized carbons (Fsp3) is 0. The van der Waals surface area contributed by atoms with Gasteiger partial charge in [0.05, 0.1) is 23.2 Å². The highest BCUT2D eigenvalue weighted by molar-refractivity contribution is 5.95. The minimum atomic E-state index is -0.940. The third kappa shape index (κ3) is 3.00. The van der Waals surface area contributed by atoms with Crippen LogP contribution in [-0.2, 0) is 0 Å². The maximum atomic E-state index is 11.2. The number of carboxylic acid groups (broad SMARTS) is 1. The van der Waals surface area contributed by atoms with Gasteiger partial charge in [0.15, 0.2) is 0 Å². The van der Waals surface area contributed by atoms with Crippen LogP contribution in [0.5, 0.6) is 0 Å². The van der Waals surface area contributed by atoms with Gasteiger partial charge in [-0.1, -0.05) is 42.5 Å². The van der Waals surface area contributed by atoms with Crippen molar-refractivity contribution in [3.8, 4) is 5.69 Å². The summed E-state index contributed by atoms with van der Waals surface area (Å²) in [5.74, 6) is -0.940. The summed E-state index contributed by atoms with van der Waals surface area (Å²) in [6.45, 7) is 0.